The fourth-order valence-electron chi connectivity index (χ4n) is 2.43. The molecular formula is C19H24N2O2. The highest BCUT2D eigenvalue weighted by molar-refractivity contribution is 5.77. The third kappa shape index (κ3) is 5.42. The molecule has 1 amide bonds. The number of para-hydroxylation sites is 1. The topological polar surface area (TPSA) is 50.4 Å². The van der Waals surface area contributed by atoms with E-state index in [1.165, 1.54) is 11.1 Å². The Kier molecular flexibility index (Phi) is 6.63. The number of carbonyl (C=O) groups is 1. The van der Waals surface area contributed by atoms with Crippen molar-refractivity contribution in [1.82, 2.24) is 10.6 Å². The predicted octanol–water partition coefficient (Wildman–Crippen LogP) is 2.45. The summed E-state index contributed by atoms with van der Waals surface area (Å²) in [7, 11) is 1.66. The van der Waals surface area contributed by atoms with E-state index in [0.717, 1.165) is 17.7 Å². The quantitative estimate of drug-likeness (QED) is 0.787. The predicted molar refractivity (Wildman–Crippen MR) is 92.6 cm³/mol. The summed E-state index contributed by atoms with van der Waals surface area (Å²) in [5.74, 6) is 0.868. The van der Waals surface area contributed by atoms with Gasteiger partial charge in [-0.3, -0.25) is 4.79 Å². The Hall–Kier alpha value is -2.33. The van der Waals surface area contributed by atoms with Gasteiger partial charge in [0.1, 0.15) is 5.75 Å². The van der Waals surface area contributed by atoms with E-state index in [0.29, 0.717) is 19.6 Å². The molecule has 4 heteroatoms. The average molecular weight is 312 g/mol. The third-order valence-electron chi connectivity index (χ3n) is 3.77. The van der Waals surface area contributed by atoms with Crippen molar-refractivity contribution in [2.24, 2.45) is 0 Å². The molecule has 0 radical (unpaired) electrons. The molecule has 23 heavy (non-hydrogen) atoms. The molecule has 0 spiro atoms. The van der Waals surface area contributed by atoms with E-state index in [9.17, 15) is 4.79 Å². The monoisotopic (exact) mass is 312 g/mol. The first-order chi connectivity index (χ1) is 11.2. The van der Waals surface area contributed by atoms with Crippen molar-refractivity contribution < 1.29 is 9.53 Å². The smallest absolute Gasteiger partial charge is 0.233 e. The lowest BCUT2D eigenvalue weighted by atomic mass is 10.1. The first-order valence-corrected chi connectivity index (χ1v) is 7.84. The van der Waals surface area contributed by atoms with Crippen molar-refractivity contribution >= 4 is 5.91 Å². The van der Waals surface area contributed by atoms with E-state index in [-0.39, 0.29) is 5.91 Å². The molecule has 0 heterocycles. The molecule has 0 fully saturated rings. The van der Waals surface area contributed by atoms with Crippen LogP contribution in [0.3, 0.4) is 0 Å². The molecule has 4 nitrogen and oxygen atoms in total. The maximum atomic E-state index is 11.9. The van der Waals surface area contributed by atoms with Gasteiger partial charge in [0.25, 0.3) is 0 Å². The van der Waals surface area contributed by atoms with E-state index in [4.69, 9.17) is 4.74 Å². The van der Waals surface area contributed by atoms with E-state index >= 15 is 0 Å². The Bertz CT molecular complexity index is 641. The number of ether oxygens (including phenoxy) is 1. The van der Waals surface area contributed by atoms with E-state index < -0.39 is 0 Å². The molecule has 2 rings (SSSR count). The molecule has 2 aromatic carbocycles. The van der Waals surface area contributed by atoms with Crippen LogP contribution in [0.4, 0.5) is 0 Å². The molecule has 0 saturated heterocycles. The summed E-state index contributed by atoms with van der Waals surface area (Å²) < 4.78 is 5.30. The molecule has 0 unspecified atom stereocenters. The van der Waals surface area contributed by atoms with Crippen molar-refractivity contribution in [3.05, 3.63) is 65.2 Å². The summed E-state index contributed by atoms with van der Waals surface area (Å²) in [6.07, 6.45) is 0.757. The highest BCUT2D eigenvalue weighted by atomic mass is 16.5. The summed E-state index contributed by atoms with van der Waals surface area (Å²) in [6, 6.07) is 16.0. The van der Waals surface area contributed by atoms with Crippen LogP contribution in [-0.2, 0) is 17.8 Å². The second kappa shape index (κ2) is 8.96. The van der Waals surface area contributed by atoms with Crippen molar-refractivity contribution in [1.29, 1.82) is 0 Å². The zero-order chi connectivity index (χ0) is 16.5. The van der Waals surface area contributed by atoms with Crippen LogP contribution in [0.1, 0.15) is 16.7 Å². The summed E-state index contributed by atoms with van der Waals surface area (Å²) in [6.45, 7) is 3.70. The lowest BCUT2D eigenvalue weighted by Crippen LogP contribution is -2.34. The van der Waals surface area contributed by atoms with Crippen LogP contribution in [0.5, 0.6) is 5.75 Å². The van der Waals surface area contributed by atoms with Gasteiger partial charge in [-0.1, -0.05) is 42.5 Å². The van der Waals surface area contributed by atoms with Gasteiger partial charge in [0.05, 0.1) is 13.7 Å². The van der Waals surface area contributed by atoms with Crippen LogP contribution in [0, 0.1) is 6.92 Å². The van der Waals surface area contributed by atoms with Crippen molar-refractivity contribution in [3.8, 4) is 5.75 Å². The van der Waals surface area contributed by atoms with Crippen LogP contribution in [-0.4, -0.2) is 26.1 Å². The molecule has 122 valence electrons. The minimum atomic E-state index is 0.00785. The van der Waals surface area contributed by atoms with Crippen LogP contribution in [0.15, 0.2) is 48.5 Å². The number of benzene rings is 2. The Labute approximate surface area is 137 Å². The highest BCUT2D eigenvalue weighted by Gasteiger charge is 2.04. The normalized spacial score (nSPS) is 10.3. The van der Waals surface area contributed by atoms with Crippen molar-refractivity contribution in [2.45, 2.75) is 19.9 Å². The minimum Gasteiger partial charge on any atom is -0.496 e. The maximum Gasteiger partial charge on any atom is 0.233 e. The fourth-order valence-corrected chi connectivity index (χ4v) is 2.43. The van der Waals surface area contributed by atoms with Gasteiger partial charge in [0.2, 0.25) is 5.91 Å². The molecule has 0 aromatic heterocycles. The molecule has 0 aliphatic rings. The van der Waals surface area contributed by atoms with Gasteiger partial charge in [0, 0.05) is 13.1 Å². The SMILES string of the molecule is COc1ccccc1CCNC(=O)CNCc1ccccc1C. The number of rotatable bonds is 8. The average Bonchev–Trinajstić information content (AvgIpc) is 2.57. The van der Waals surface area contributed by atoms with Gasteiger partial charge in [0.15, 0.2) is 0 Å². The van der Waals surface area contributed by atoms with Gasteiger partial charge in [-0.25, -0.2) is 0 Å². The fraction of sp³-hybridized carbons (Fsp3) is 0.316. The highest BCUT2D eigenvalue weighted by Crippen LogP contribution is 2.17. The van der Waals surface area contributed by atoms with Crippen LogP contribution < -0.4 is 15.4 Å². The summed E-state index contributed by atoms with van der Waals surface area (Å²) in [5, 5.41) is 6.10. The zero-order valence-corrected chi connectivity index (χ0v) is 13.8. The molecule has 0 bridgehead atoms. The number of hydrogen-bond donors (Lipinski definition) is 2. The maximum absolute atomic E-state index is 11.9. The Morgan fingerprint density at radius 2 is 1.74 bits per heavy atom. The van der Waals surface area contributed by atoms with Gasteiger partial charge in [-0.05, 0) is 36.1 Å². The first-order valence-electron chi connectivity index (χ1n) is 7.84. The number of aryl methyl sites for hydroxylation is 1. The van der Waals surface area contributed by atoms with Gasteiger partial charge < -0.3 is 15.4 Å². The molecule has 2 aromatic rings. The van der Waals surface area contributed by atoms with Gasteiger partial charge in [-0.2, -0.15) is 0 Å². The molecule has 0 aliphatic heterocycles. The van der Waals surface area contributed by atoms with Crippen molar-refractivity contribution in [2.75, 3.05) is 20.2 Å². The standard InChI is InChI=1S/C19H24N2O2/c1-15-7-3-4-9-17(15)13-20-14-19(22)21-12-11-16-8-5-6-10-18(16)23-2/h3-10,20H,11-14H2,1-2H3,(H,21,22). The van der Waals surface area contributed by atoms with E-state index in [1.54, 1.807) is 7.11 Å². The minimum absolute atomic E-state index is 0.00785. The number of nitrogens with one attached hydrogen (secondary N) is 2. The Balaban J connectivity index is 1.68. The lowest BCUT2D eigenvalue weighted by molar-refractivity contribution is -0.120. The number of hydrogen-bond acceptors (Lipinski definition) is 3. The Morgan fingerprint density at radius 3 is 2.48 bits per heavy atom. The number of amides is 1. The van der Waals surface area contributed by atoms with Crippen LogP contribution in [0.2, 0.25) is 0 Å². The van der Waals surface area contributed by atoms with Gasteiger partial charge >= 0.3 is 0 Å². The van der Waals surface area contributed by atoms with Crippen LogP contribution >= 0.6 is 0 Å². The van der Waals surface area contributed by atoms with E-state index in [1.807, 2.05) is 36.4 Å². The summed E-state index contributed by atoms with van der Waals surface area (Å²) >= 11 is 0. The zero-order valence-electron chi connectivity index (χ0n) is 13.8. The second-order valence-electron chi connectivity index (χ2n) is 5.44. The summed E-state index contributed by atoms with van der Waals surface area (Å²) in [4.78, 5) is 11.9. The largest absolute Gasteiger partial charge is 0.496 e. The number of carbonyl (C=O) groups excluding carboxylic acids is 1. The first kappa shape index (κ1) is 17.0. The lowest BCUT2D eigenvalue weighted by Gasteiger charge is -2.10. The molecule has 0 saturated carbocycles. The molecule has 0 atom stereocenters. The number of methoxy groups -OCH3 is 1. The molecule has 0 aliphatic carbocycles. The molecule has 2 N–H and O–H groups in total. The van der Waals surface area contributed by atoms with Crippen molar-refractivity contribution in [3.63, 3.8) is 0 Å². The third-order valence-corrected chi connectivity index (χ3v) is 3.77. The second-order valence-corrected chi connectivity index (χ2v) is 5.44. The molecular weight excluding hydrogens is 288 g/mol. The van der Waals surface area contributed by atoms with Crippen LogP contribution in [0.25, 0.3) is 0 Å². The van der Waals surface area contributed by atoms with Gasteiger partial charge in [-0.15, -0.1) is 0 Å². The summed E-state index contributed by atoms with van der Waals surface area (Å²) in [5.41, 5.74) is 3.55. The van der Waals surface area contributed by atoms with E-state index in [2.05, 4.69) is 29.7 Å². The Morgan fingerprint density at radius 1 is 1.04 bits per heavy atom.